The van der Waals surface area contributed by atoms with Crippen LogP contribution in [0.2, 0.25) is 0 Å². The normalized spacial score (nSPS) is 12.0. The molecule has 3 heteroatoms. The van der Waals surface area contributed by atoms with Gasteiger partial charge in [-0.1, -0.05) is 20.8 Å². The van der Waals surface area contributed by atoms with Crippen molar-refractivity contribution in [3.8, 4) is 0 Å². The van der Waals surface area contributed by atoms with Crippen LogP contribution in [-0.4, -0.2) is 37.7 Å². The zero-order chi connectivity index (χ0) is 8.36. The van der Waals surface area contributed by atoms with Crippen LogP contribution in [0.4, 0.5) is 0 Å². The fourth-order valence-corrected chi connectivity index (χ4v) is 0.828. The van der Waals surface area contributed by atoms with Crippen molar-refractivity contribution in [2.45, 2.75) is 20.8 Å². The lowest BCUT2D eigenvalue weighted by Crippen LogP contribution is -2.39. The number of nitrogens with zero attached hydrogens (tertiary/aromatic N) is 2. The fraction of sp³-hybridized carbons (Fsp3) is 1.00. The smallest absolute Gasteiger partial charge is 0.0178 e. The average molecular weight is 181 g/mol. The molecule has 2 nitrogen and oxygen atoms in total. The van der Waals surface area contributed by atoms with Gasteiger partial charge < -0.3 is 0 Å². The van der Waals surface area contributed by atoms with E-state index in [1.165, 1.54) is 0 Å². The molecule has 0 aromatic heterocycles. The Morgan fingerprint density at radius 3 is 1.45 bits per heavy atom. The molecule has 70 valence electrons. The Hall–Kier alpha value is 0.210. The molecule has 0 amide bonds. The Bertz CT molecular complexity index is 96.8. The first-order valence-corrected chi connectivity index (χ1v) is 3.71. The lowest BCUT2D eigenvalue weighted by Gasteiger charge is -2.30. The van der Waals surface area contributed by atoms with E-state index in [2.05, 4.69) is 51.9 Å². The van der Waals surface area contributed by atoms with Crippen LogP contribution in [0.5, 0.6) is 0 Å². The van der Waals surface area contributed by atoms with Crippen molar-refractivity contribution in [2.24, 2.45) is 5.41 Å². The Balaban J connectivity index is 0. The SMILES string of the molecule is CN(C)N(C)CC(C)(C)C.Cl. The van der Waals surface area contributed by atoms with E-state index in [0.29, 0.717) is 5.41 Å². The van der Waals surface area contributed by atoms with Gasteiger partial charge in [-0.15, -0.1) is 12.4 Å². The van der Waals surface area contributed by atoms with Crippen LogP contribution >= 0.6 is 12.4 Å². The quantitative estimate of drug-likeness (QED) is 0.599. The summed E-state index contributed by atoms with van der Waals surface area (Å²) in [6, 6.07) is 0. The minimum atomic E-state index is 0. The minimum Gasteiger partial charge on any atom is -0.248 e. The molecular formula is C8H21ClN2. The molecule has 0 spiro atoms. The van der Waals surface area contributed by atoms with Crippen LogP contribution < -0.4 is 0 Å². The van der Waals surface area contributed by atoms with Crippen LogP contribution in [0.1, 0.15) is 20.8 Å². The van der Waals surface area contributed by atoms with Crippen molar-refractivity contribution in [2.75, 3.05) is 27.7 Å². The summed E-state index contributed by atoms with van der Waals surface area (Å²) in [5, 5.41) is 4.31. The molecule has 0 aliphatic heterocycles. The summed E-state index contributed by atoms with van der Waals surface area (Å²) in [4.78, 5) is 0. The van der Waals surface area contributed by atoms with E-state index in [0.717, 1.165) is 6.54 Å². The zero-order valence-electron chi connectivity index (χ0n) is 8.51. The van der Waals surface area contributed by atoms with E-state index in [1.807, 2.05) is 0 Å². The third kappa shape index (κ3) is 8.11. The molecule has 0 saturated heterocycles. The summed E-state index contributed by atoms with van der Waals surface area (Å²) in [7, 11) is 6.22. The second kappa shape index (κ2) is 4.96. The van der Waals surface area contributed by atoms with Gasteiger partial charge in [-0.05, 0) is 5.41 Å². The van der Waals surface area contributed by atoms with Crippen LogP contribution in [0.3, 0.4) is 0 Å². The predicted molar refractivity (Wildman–Crippen MR) is 53.0 cm³/mol. The van der Waals surface area contributed by atoms with Crippen molar-refractivity contribution < 1.29 is 0 Å². The first-order chi connectivity index (χ1) is 4.33. The molecule has 0 N–H and O–H groups in total. The molecule has 0 fully saturated rings. The van der Waals surface area contributed by atoms with Crippen molar-refractivity contribution in [3.05, 3.63) is 0 Å². The van der Waals surface area contributed by atoms with Gasteiger partial charge in [-0.25, -0.2) is 10.0 Å². The van der Waals surface area contributed by atoms with Crippen LogP contribution in [0.25, 0.3) is 0 Å². The number of hydrogen-bond acceptors (Lipinski definition) is 2. The molecule has 0 aliphatic rings. The molecular weight excluding hydrogens is 160 g/mol. The van der Waals surface area contributed by atoms with Gasteiger partial charge in [0.15, 0.2) is 0 Å². The first-order valence-electron chi connectivity index (χ1n) is 3.71. The lowest BCUT2D eigenvalue weighted by molar-refractivity contribution is 0.0239. The van der Waals surface area contributed by atoms with Gasteiger partial charge in [0.25, 0.3) is 0 Å². The number of rotatable bonds is 2. The highest BCUT2D eigenvalue weighted by atomic mass is 35.5. The van der Waals surface area contributed by atoms with E-state index in [1.54, 1.807) is 0 Å². The molecule has 0 radical (unpaired) electrons. The fourth-order valence-electron chi connectivity index (χ4n) is 0.828. The Kier molecular flexibility index (Phi) is 6.22. The second-order valence-corrected chi connectivity index (χ2v) is 4.22. The molecule has 0 unspecified atom stereocenters. The highest BCUT2D eigenvalue weighted by Crippen LogP contribution is 2.13. The maximum atomic E-state index is 2.24. The Labute approximate surface area is 76.9 Å². The standard InChI is InChI=1S/C8H20N2.ClH/c1-8(2,3)7-10(6)9(4)5;/h7H2,1-6H3;1H. The Morgan fingerprint density at radius 2 is 1.36 bits per heavy atom. The topological polar surface area (TPSA) is 6.48 Å². The highest BCUT2D eigenvalue weighted by Gasteiger charge is 2.13. The van der Waals surface area contributed by atoms with Crippen molar-refractivity contribution in [3.63, 3.8) is 0 Å². The highest BCUT2D eigenvalue weighted by molar-refractivity contribution is 5.85. The number of hydrogen-bond donors (Lipinski definition) is 0. The predicted octanol–water partition coefficient (Wildman–Crippen LogP) is 1.86. The summed E-state index contributed by atoms with van der Waals surface area (Å²) in [5.41, 5.74) is 0.388. The first kappa shape index (κ1) is 13.8. The molecule has 0 aliphatic carbocycles. The average Bonchev–Trinajstić information content (AvgIpc) is 1.60. The minimum absolute atomic E-state index is 0. The summed E-state index contributed by atoms with van der Waals surface area (Å²) in [6.07, 6.45) is 0. The second-order valence-electron chi connectivity index (χ2n) is 4.22. The van der Waals surface area contributed by atoms with E-state index in [4.69, 9.17) is 0 Å². The van der Waals surface area contributed by atoms with E-state index < -0.39 is 0 Å². The van der Waals surface area contributed by atoms with Gasteiger partial charge in [-0.3, -0.25) is 0 Å². The van der Waals surface area contributed by atoms with Crippen LogP contribution in [0, 0.1) is 5.41 Å². The van der Waals surface area contributed by atoms with Crippen LogP contribution in [-0.2, 0) is 0 Å². The molecule has 0 rings (SSSR count). The molecule has 0 atom stereocenters. The van der Waals surface area contributed by atoms with Gasteiger partial charge in [0.05, 0.1) is 0 Å². The number of halogens is 1. The molecule has 0 aromatic rings. The lowest BCUT2D eigenvalue weighted by atomic mass is 9.97. The van der Waals surface area contributed by atoms with E-state index in [9.17, 15) is 0 Å². The maximum Gasteiger partial charge on any atom is 0.0178 e. The van der Waals surface area contributed by atoms with E-state index >= 15 is 0 Å². The summed E-state index contributed by atoms with van der Waals surface area (Å²) >= 11 is 0. The third-order valence-corrected chi connectivity index (χ3v) is 1.39. The van der Waals surface area contributed by atoms with Gasteiger partial charge in [0.1, 0.15) is 0 Å². The third-order valence-electron chi connectivity index (χ3n) is 1.39. The van der Waals surface area contributed by atoms with Crippen molar-refractivity contribution in [1.29, 1.82) is 0 Å². The summed E-state index contributed by atoms with van der Waals surface area (Å²) in [5.74, 6) is 0. The molecule has 11 heavy (non-hydrogen) atoms. The van der Waals surface area contributed by atoms with E-state index in [-0.39, 0.29) is 12.4 Å². The largest absolute Gasteiger partial charge is 0.248 e. The monoisotopic (exact) mass is 180 g/mol. The molecule has 0 bridgehead atoms. The Morgan fingerprint density at radius 1 is 1.00 bits per heavy atom. The van der Waals surface area contributed by atoms with Gasteiger partial charge in [0.2, 0.25) is 0 Å². The summed E-state index contributed by atoms with van der Waals surface area (Å²) in [6.45, 7) is 7.83. The van der Waals surface area contributed by atoms with Gasteiger partial charge in [0, 0.05) is 27.7 Å². The van der Waals surface area contributed by atoms with Gasteiger partial charge in [-0.2, -0.15) is 0 Å². The van der Waals surface area contributed by atoms with Crippen molar-refractivity contribution in [1.82, 2.24) is 10.0 Å². The van der Waals surface area contributed by atoms with Gasteiger partial charge >= 0.3 is 0 Å². The molecule has 0 heterocycles. The molecule has 0 saturated carbocycles. The van der Waals surface area contributed by atoms with Crippen LogP contribution in [0.15, 0.2) is 0 Å². The zero-order valence-corrected chi connectivity index (χ0v) is 9.33. The molecule has 0 aromatic carbocycles. The maximum absolute atomic E-state index is 2.24. The summed E-state index contributed by atoms with van der Waals surface area (Å²) < 4.78 is 0. The van der Waals surface area contributed by atoms with Crippen molar-refractivity contribution >= 4 is 12.4 Å². The number of hydrazine groups is 1.